The molecule has 16 heavy (non-hydrogen) atoms. The van der Waals surface area contributed by atoms with Crippen molar-refractivity contribution in [2.45, 2.75) is 38.6 Å². The Bertz CT molecular complexity index is 289. The largest absolute Gasteiger partial charge is 0.466 e. The highest BCUT2D eigenvalue weighted by Crippen LogP contribution is 2.07. The van der Waals surface area contributed by atoms with Crippen LogP contribution in [0.3, 0.4) is 0 Å². The molecule has 1 heterocycles. The number of ether oxygens (including phenoxy) is 2. The molecule has 0 aromatic heterocycles. The van der Waals surface area contributed by atoms with E-state index in [0.29, 0.717) is 6.61 Å². The summed E-state index contributed by atoms with van der Waals surface area (Å²) in [5.74, 6) is -0.992. The lowest BCUT2D eigenvalue weighted by atomic mass is 10.2. The molecule has 6 nitrogen and oxygen atoms in total. The van der Waals surface area contributed by atoms with Crippen molar-refractivity contribution < 1.29 is 23.9 Å². The van der Waals surface area contributed by atoms with Crippen LogP contribution in [0.4, 0.5) is 4.79 Å². The van der Waals surface area contributed by atoms with E-state index in [-0.39, 0.29) is 18.8 Å². The summed E-state index contributed by atoms with van der Waals surface area (Å²) in [6, 6.07) is -0.716. The zero-order valence-corrected chi connectivity index (χ0v) is 9.15. The Morgan fingerprint density at radius 2 is 2.25 bits per heavy atom. The Balaban J connectivity index is 2.16. The van der Waals surface area contributed by atoms with Gasteiger partial charge in [0.2, 0.25) is 0 Å². The second kappa shape index (κ2) is 6.09. The van der Waals surface area contributed by atoms with Crippen molar-refractivity contribution in [2.24, 2.45) is 0 Å². The summed E-state index contributed by atoms with van der Waals surface area (Å²) < 4.78 is 9.16. The first-order chi connectivity index (χ1) is 7.63. The minimum absolute atomic E-state index is 0.101. The average Bonchev–Trinajstić information content (AvgIpc) is 2.55. The fourth-order valence-electron chi connectivity index (χ4n) is 1.25. The number of hydrogen-bond donors (Lipinski definition) is 1. The molecule has 0 bridgehead atoms. The topological polar surface area (TPSA) is 81.7 Å². The van der Waals surface area contributed by atoms with Crippen LogP contribution in [-0.2, 0) is 19.1 Å². The number of unbranched alkanes of at least 4 members (excludes halogenated alkanes) is 1. The number of esters is 2. The number of nitrogens with one attached hydrogen (secondary N) is 1. The molecule has 1 rings (SSSR count). The molecular formula is C10H15NO5. The van der Waals surface area contributed by atoms with E-state index < -0.39 is 18.1 Å². The van der Waals surface area contributed by atoms with E-state index in [1.807, 2.05) is 6.92 Å². The van der Waals surface area contributed by atoms with Gasteiger partial charge in [-0.1, -0.05) is 13.3 Å². The maximum Gasteiger partial charge on any atom is 0.415 e. The summed E-state index contributed by atoms with van der Waals surface area (Å²) in [6.07, 6.45) is 1.35. The fraction of sp³-hybridized carbons (Fsp3) is 0.700. The van der Waals surface area contributed by atoms with Crippen molar-refractivity contribution in [1.29, 1.82) is 0 Å². The average molecular weight is 229 g/mol. The number of rotatable bonds is 6. The van der Waals surface area contributed by atoms with Gasteiger partial charge in [-0.05, 0) is 12.8 Å². The van der Waals surface area contributed by atoms with Crippen LogP contribution in [0.1, 0.15) is 32.6 Å². The predicted molar refractivity (Wildman–Crippen MR) is 53.5 cm³/mol. The van der Waals surface area contributed by atoms with Gasteiger partial charge in [-0.3, -0.25) is 4.79 Å². The van der Waals surface area contributed by atoms with E-state index in [1.165, 1.54) is 0 Å². The highest BCUT2D eigenvalue weighted by atomic mass is 16.6. The molecule has 0 radical (unpaired) electrons. The highest BCUT2D eigenvalue weighted by molar-refractivity contribution is 5.95. The summed E-state index contributed by atoms with van der Waals surface area (Å²) >= 11 is 0. The molecule has 0 unspecified atom stereocenters. The highest BCUT2D eigenvalue weighted by Gasteiger charge is 2.32. The van der Waals surface area contributed by atoms with Crippen LogP contribution in [0, 0.1) is 0 Å². The zero-order valence-electron chi connectivity index (χ0n) is 9.15. The first-order valence-electron chi connectivity index (χ1n) is 5.31. The minimum atomic E-state index is -0.755. The lowest BCUT2D eigenvalue weighted by molar-refractivity contribution is -0.144. The number of alkyl carbamates (subject to hydrolysis) is 1. The van der Waals surface area contributed by atoms with Gasteiger partial charge in [-0.2, -0.15) is 0 Å². The molecule has 1 N–H and O–H groups in total. The molecule has 1 aliphatic heterocycles. The summed E-state index contributed by atoms with van der Waals surface area (Å²) in [4.78, 5) is 32.8. The monoisotopic (exact) mass is 229 g/mol. The Hall–Kier alpha value is -1.59. The molecule has 1 aliphatic rings. The third kappa shape index (κ3) is 3.88. The normalized spacial score (nSPS) is 19.2. The maximum atomic E-state index is 11.2. The summed E-state index contributed by atoms with van der Waals surface area (Å²) in [5, 5.41) is 2.31. The van der Waals surface area contributed by atoms with E-state index in [0.717, 1.165) is 12.8 Å². The lowest BCUT2D eigenvalue weighted by Gasteiger charge is -2.05. The van der Waals surface area contributed by atoms with Crippen molar-refractivity contribution >= 4 is 18.0 Å². The molecule has 1 saturated heterocycles. The van der Waals surface area contributed by atoms with Crippen LogP contribution in [0.2, 0.25) is 0 Å². The van der Waals surface area contributed by atoms with E-state index >= 15 is 0 Å². The molecule has 1 atom stereocenters. The van der Waals surface area contributed by atoms with Gasteiger partial charge >= 0.3 is 18.0 Å². The summed E-state index contributed by atoms with van der Waals surface area (Å²) in [6.45, 7) is 2.40. The van der Waals surface area contributed by atoms with Crippen LogP contribution in [0.15, 0.2) is 0 Å². The van der Waals surface area contributed by atoms with Crippen molar-refractivity contribution in [1.82, 2.24) is 5.32 Å². The Morgan fingerprint density at radius 3 is 2.81 bits per heavy atom. The second-order valence-corrected chi connectivity index (χ2v) is 3.52. The predicted octanol–water partition coefficient (Wildman–Crippen LogP) is 0.745. The van der Waals surface area contributed by atoms with Crippen molar-refractivity contribution in [2.75, 3.05) is 6.61 Å². The first kappa shape index (κ1) is 12.5. The van der Waals surface area contributed by atoms with Gasteiger partial charge in [0, 0.05) is 6.42 Å². The van der Waals surface area contributed by atoms with Crippen LogP contribution < -0.4 is 5.32 Å². The number of cyclic esters (lactones) is 2. The van der Waals surface area contributed by atoms with Crippen molar-refractivity contribution in [3.8, 4) is 0 Å². The molecule has 6 heteroatoms. The van der Waals surface area contributed by atoms with Gasteiger partial charge in [0.1, 0.15) is 6.04 Å². The standard InChI is InChI=1S/C10H15NO5/c1-2-3-6-15-8(12)5-4-7-9(13)16-10(14)11-7/h7H,2-6H2,1H3,(H,11,14)/t7-/m0/s1. The van der Waals surface area contributed by atoms with Gasteiger partial charge in [0.05, 0.1) is 6.61 Å². The summed E-state index contributed by atoms with van der Waals surface area (Å²) in [5.41, 5.74) is 0. The Kier molecular flexibility index (Phi) is 4.75. The summed E-state index contributed by atoms with van der Waals surface area (Å²) in [7, 11) is 0. The van der Waals surface area contributed by atoms with E-state index in [9.17, 15) is 14.4 Å². The maximum absolute atomic E-state index is 11.2. The molecule has 0 aromatic rings. The van der Waals surface area contributed by atoms with Crippen molar-refractivity contribution in [3.05, 3.63) is 0 Å². The molecule has 0 saturated carbocycles. The third-order valence-electron chi connectivity index (χ3n) is 2.17. The van der Waals surface area contributed by atoms with Crippen LogP contribution in [-0.4, -0.2) is 30.7 Å². The molecule has 0 spiro atoms. The number of carbonyl (C=O) groups is 3. The number of hydrogen-bond acceptors (Lipinski definition) is 5. The number of carbonyl (C=O) groups excluding carboxylic acids is 3. The molecular weight excluding hydrogens is 214 g/mol. The van der Waals surface area contributed by atoms with Gasteiger partial charge in [0.25, 0.3) is 0 Å². The Morgan fingerprint density at radius 1 is 1.50 bits per heavy atom. The quantitative estimate of drug-likeness (QED) is 0.413. The number of amides is 1. The van der Waals surface area contributed by atoms with Gasteiger partial charge in [-0.25, -0.2) is 9.59 Å². The lowest BCUT2D eigenvalue weighted by Crippen LogP contribution is -2.29. The first-order valence-corrected chi connectivity index (χ1v) is 5.31. The molecule has 0 aromatic carbocycles. The zero-order chi connectivity index (χ0) is 12.0. The van der Waals surface area contributed by atoms with Gasteiger partial charge in [-0.15, -0.1) is 0 Å². The van der Waals surface area contributed by atoms with Gasteiger partial charge < -0.3 is 14.8 Å². The third-order valence-corrected chi connectivity index (χ3v) is 2.17. The second-order valence-electron chi connectivity index (χ2n) is 3.52. The molecule has 1 amide bonds. The van der Waals surface area contributed by atoms with Gasteiger partial charge in [0.15, 0.2) is 0 Å². The van der Waals surface area contributed by atoms with E-state index in [4.69, 9.17) is 4.74 Å². The van der Waals surface area contributed by atoms with Crippen molar-refractivity contribution in [3.63, 3.8) is 0 Å². The molecule has 1 fully saturated rings. The van der Waals surface area contributed by atoms with E-state index in [1.54, 1.807) is 0 Å². The van der Waals surface area contributed by atoms with Crippen LogP contribution in [0.5, 0.6) is 0 Å². The fourth-order valence-corrected chi connectivity index (χ4v) is 1.25. The smallest absolute Gasteiger partial charge is 0.415 e. The van der Waals surface area contributed by atoms with Crippen LogP contribution >= 0.6 is 0 Å². The SMILES string of the molecule is CCCCOC(=O)CC[C@@H]1NC(=O)OC1=O. The van der Waals surface area contributed by atoms with E-state index in [2.05, 4.69) is 10.1 Å². The Labute approximate surface area is 93.3 Å². The molecule has 0 aliphatic carbocycles. The molecule has 90 valence electrons. The van der Waals surface area contributed by atoms with Crippen LogP contribution in [0.25, 0.3) is 0 Å². The minimum Gasteiger partial charge on any atom is -0.466 e.